The van der Waals surface area contributed by atoms with Crippen LogP contribution in [-0.4, -0.2) is 7.05 Å². The number of aryl methyl sites for hydroxylation is 2. The molecule has 0 saturated heterocycles. The summed E-state index contributed by atoms with van der Waals surface area (Å²) in [6, 6.07) is 12.3. The van der Waals surface area contributed by atoms with Gasteiger partial charge in [0.1, 0.15) is 0 Å². The molecular weight excluding hydrogens is 301 g/mol. The maximum absolute atomic E-state index is 6.35. The third-order valence-electron chi connectivity index (χ3n) is 3.88. The summed E-state index contributed by atoms with van der Waals surface area (Å²) in [4.78, 5) is 0. The van der Waals surface area contributed by atoms with Gasteiger partial charge in [-0.15, -0.1) is 0 Å². The van der Waals surface area contributed by atoms with E-state index in [2.05, 4.69) is 37.4 Å². The summed E-state index contributed by atoms with van der Waals surface area (Å²) in [5, 5.41) is 4.79. The highest BCUT2D eigenvalue weighted by molar-refractivity contribution is 6.33. The van der Waals surface area contributed by atoms with Crippen molar-refractivity contribution < 1.29 is 0 Å². The summed E-state index contributed by atoms with van der Waals surface area (Å²) in [5.74, 6) is 0. The van der Waals surface area contributed by atoms with Crippen LogP contribution >= 0.6 is 23.2 Å². The zero-order chi connectivity index (χ0) is 15.4. The van der Waals surface area contributed by atoms with Gasteiger partial charge in [0.05, 0.1) is 6.04 Å². The molecular formula is C18H21Cl2N. The quantitative estimate of drug-likeness (QED) is 0.774. The maximum atomic E-state index is 6.35. The second-order valence-corrected chi connectivity index (χ2v) is 5.97. The Morgan fingerprint density at radius 2 is 1.67 bits per heavy atom. The lowest BCUT2D eigenvalue weighted by molar-refractivity contribution is 0.690. The molecule has 0 aliphatic rings. The molecule has 2 aromatic rings. The minimum atomic E-state index is 0.0485. The summed E-state index contributed by atoms with van der Waals surface area (Å²) in [6.45, 7) is 4.39. The molecule has 0 aliphatic heterocycles. The molecule has 0 aliphatic carbocycles. The van der Waals surface area contributed by atoms with Gasteiger partial charge in [-0.3, -0.25) is 0 Å². The third-order valence-corrected chi connectivity index (χ3v) is 4.46. The maximum Gasteiger partial charge on any atom is 0.0589 e. The van der Waals surface area contributed by atoms with Gasteiger partial charge in [-0.2, -0.15) is 0 Å². The van der Waals surface area contributed by atoms with Gasteiger partial charge in [0.25, 0.3) is 0 Å². The first-order valence-corrected chi connectivity index (χ1v) is 8.10. The zero-order valence-electron chi connectivity index (χ0n) is 12.7. The average Bonchev–Trinajstić information content (AvgIpc) is 2.51. The largest absolute Gasteiger partial charge is 0.309 e. The minimum Gasteiger partial charge on any atom is -0.309 e. The number of nitrogens with one attached hydrogen (secondary N) is 1. The lowest BCUT2D eigenvalue weighted by Crippen LogP contribution is -2.18. The molecule has 0 saturated carbocycles. The minimum absolute atomic E-state index is 0.0485. The highest BCUT2D eigenvalue weighted by Crippen LogP contribution is 2.31. The number of benzene rings is 2. The van der Waals surface area contributed by atoms with E-state index in [4.69, 9.17) is 23.2 Å². The average molecular weight is 322 g/mol. The van der Waals surface area contributed by atoms with E-state index >= 15 is 0 Å². The van der Waals surface area contributed by atoms with Crippen molar-refractivity contribution in [2.24, 2.45) is 0 Å². The van der Waals surface area contributed by atoms with Crippen molar-refractivity contribution in [2.75, 3.05) is 7.05 Å². The van der Waals surface area contributed by atoms with Crippen molar-refractivity contribution in [2.45, 2.75) is 32.7 Å². The summed E-state index contributed by atoms with van der Waals surface area (Å²) >= 11 is 12.5. The van der Waals surface area contributed by atoms with Crippen molar-refractivity contribution in [3.05, 3.63) is 68.7 Å². The Balaban J connectivity index is 2.48. The molecule has 0 spiro atoms. The van der Waals surface area contributed by atoms with Crippen molar-refractivity contribution in [1.82, 2.24) is 5.32 Å². The Morgan fingerprint density at radius 3 is 2.29 bits per heavy atom. The third kappa shape index (κ3) is 3.60. The summed E-state index contributed by atoms with van der Waals surface area (Å²) in [6.07, 6.45) is 2.10. The molecule has 0 radical (unpaired) electrons. The number of hydrogen-bond acceptors (Lipinski definition) is 1. The molecule has 0 heterocycles. The van der Waals surface area contributed by atoms with Gasteiger partial charge in [0.15, 0.2) is 0 Å². The molecule has 1 nitrogen and oxygen atoms in total. The lowest BCUT2D eigenvalue weighted by atomic mass is 9.93. The van der Waals surface area contributed by atoms with Crippen LogP contribution < -0.4 is 5.32 Å². The first-order chi connectivity index (χ1) is 10.1. The fraction of sp³-hybridized carbons (Fsp3) is 0.333. The van der Waals surface area contributed by atoms with Crippen LogP contribution in [0, 0.1) is 0 Å². The Labute approximate surface area is 137 Å². The first-order valence-electron chi connectivity index (χ1n) is 7.34. The normalized spacial score (nSPS) is 12.4. The fourth-order valence-electron chi connectivity index (χ4n) is 2.74. The SMILES string of the molecule is CCc1ccc(C(NC)c2cc(Cl)ccc2Cl)cc1CC. The number of rotatable bonds is 5. The van der Waals surface area contributed by atoms with Crippen LogP contribution in [0.15, 0.2) is 36.4 Å². The zero-order valence-corrected chi connectivity index (χ0v) is 14.2. The summed E-state index contributed by atoms with van der Waals surface area (Å²) in [7, 11) is 1.95. The van der Waals surface area contributed by atoms with Gasteiger partial charge in [0.2, 0.25) is 0 Å². The monoisotopic (exact) mass is 321 g/mol. The first kappa shape index (κ1) is 16.4. The summed E-state index contributed by atoms with van der Waals surface area (Å²) in [5.41, 5.74) is 5.04. The Hall–Kier alpha value is -1.02. The van der Waals surface area contributed by atoms with Gasteiger partial charge < -0.3 is 5.32 Å². The number of hydrogen-bond donors (Lipinski definition) is 1. The van der Waals surface area contributed by atoms with Crippen LogP contribution in [0.1, 0.15) is 42.1 Å². The van der Waals surface area contributed by atoms with E-state index in [0.29, 0.717) is 5.02 Å². The van der Waals surface area contributed by atoms with Crippen molar-refractivity contribution in [3.8, 4) is 0 Å². The molecule has 0 aromatic heterocycles. The molecule has 0 bridgehead atoms. The second-order valence-electron chi connectivity index (χ2n) is 5.12. The van der Waals surface area contributed by atoms with E-state index in [9.17, 15) is 0 Å². The highest BCUT2D eigenvalue weighted by Gasteiger charge is 2.16. The van der Waals surface area contributed by atoms with Crippen LogP contribution in [0.3, 0.4) is 0 Å². The van der Waals surface area contributed by atoms with Crippen LogP contribution in [0.4, 0.5) is 0 Å². The molecule has 0 fully saturated rings. The molecule has 0 amide bonds. The van der Waals surface area contributed by atoms with Gasteiger partial charge in [-0.05, 0) is 60.3 Å². The second kappa shape index (κ2) is 7.31. The Morgan fingerprint density at radius 1 is 0.952 bits per heavy atom. The number of halogens is 2. The summed E-state index contributed by atoms with van der Waals surface area (Å²) < 4.78 is 0. The van der Waals surface area contributed by atoms with E-state index in [1.807, 2.05) is 25.2 Å². The smallest absolute Gasteiger partial charge is 0.0589 e. The molecule has 1 unspecified atom stereocenters. The highest BCUT2D eigenvalue weighted by atomic mass is 35.5. The van der Waals surface area contributed by atoms with Gasteiger partial charge >= 0.3 is 0 Å². The van der Waals surface area contributed by atoms with Crippen LogP contribution in [0.25, 0.3) is 0 Å². The van der Waals surface area contributed by atoms with Crippen molar-refractivity contribution >= 4 is 23.2 Å². The van der Waals surface area contributed by atoms with E-state index < -0.39 is 0 Å². The molecule has 2 rings (SSSR count). The standard InChI is InChI=1S/C18H21Cl2N/c1-4-12-6-7-14(10-13(12)5-2)18(21-3)16-11-15(19)8-9-17(16)20/h6-11,18,21H,4-5H2,1-3H3. The molecule has 3 heteroatoms. The van der Waals surface area contributed by atoms with E-state index in [1.165, 1.54) is 16.7 Å². The Kier molecular flexibility index (Phi) is 5.69. The van der Waals surface area contributed by atoms with Crippen LogP contribution in [-0.2, 0) is 12.8 Å². The molecule has 2 aromatic carbocycles. The molecule has 112 valence electrons. The van der Waals surface area contributed by atoms with E-state index in [-0.39, 0.29) is 6.04 Å². The van der Waals surface area contributed by atoms with Crippen molar-refractivity contribution in [1.29, 1.82) is 0 Å². The topological polar surface area (TPSA) is 12.0 Å². The molecule has 1 N–H and O–H groups in total. The fourth-order valence-corrected chi connectivity index (χ4v) is 3.14. The van der Waals surface area contributed by atoms with Gasteiger partial charge in [0, 0.05) is 10.0 Å². The molecule has 21 heavy (non-hydrogen) atoms. The Bertz CT molecular complexity index is 623. The van der Waals surface area contributed by atoms with E-state index in [0.717, 1.165) is 23.4 Å². The lowest BCUT2D eigenvalue weighted by Gasteiger charge is -2.20. The van der Waals surface area contributed by atoms with Crippen LogP contribution in [0.2, 0.25) is 10.0 Å². The van der Waals surface area contributed by atoms with Gasteiger partial charge in [-0.25, -0.2) is 0 Å². The van der Waals surface area contributed by atoms with Gasteiger partial charge in [-0.1, -0.05) is 55.2 Å². The van der Waals surface area contributed by atoms with Crippen molar-refractivity contribution in [3.63, 3.8) is 0 Å². The predicted octanol–water partition coefficient (Wildman–Crippen LogP) is 5.43. The molecule has 1 atom stereocenters. The predicted molar refractivity (Wildman–Crippen MR) is 92.6 cm³/mol. The van der Waals surface area contributed by atoms with Crippen LogP contribution in [0.5, 0.6) is 0 Å². The van der Waals surface area contributed by atoms with E-state index in [1.54, 1.807) is 0 Å².